The Morgan fingerprint density at radius 3 is 2.79 bits per heavy atom. The van der Waals surface area contributed by atoms with Gasteiger partial charge in [0.25, 0.3) is 5.91 Å². The molecular formula is C12H16N4OS2. The Morgan fingerprint density at radius 2 is 2.21 bits per heavy atom. The summed E-state index contributed by atoms with van der Waals surface area (Å²) in [5, 5.41) is 12.8. The van der Waals surface area contributed by atoms with Crippen molar-refractivity contribution in [2.75, 3.05) is 41.8 Å². The molecule has 1 aliphatic rings. The number of hydrogen-bond donors (Lipinski definition) is 2. The van der Waals surface area contributed by atoms with Gasteiger partial charge in [0.1, 0.15) is 21.5 Å². The van der Waals surface area contributed by atoms with Crippen molar-refractivity contribution in [1.82, 2.24) is 5.32 Å². The van der Waals surface area contributed by atoms with Crippen molar-refractivity contribution >= 4 is 39.7 Å². The SMILES string of the molecule is CCNC(=O)c1sc(N2CCSCC2)c(C#N)c1N. The van der Waals surface area contributed by atoms with Crippen molar-refractivity contribution in [3.05, 3.63) is 10.4 Å². The molecule has 2 rings (SSSR count). The first-order valence-electron chi connectivity index (χ1n) is 6.12. The van der Waals surface area contributed by atoms with Crippen LogP contribution in [-0.4, -0.2) is 37.0 Å². The average molecular weight is 296 g/mol. The Hall–Kier alpha value is -1.39. The maximum atomic E-state index is 11.9. The summed E-state index contributed by atoms with van der Waals surface area (Å²) in [4.78, 5) is 14.5. The molecule has 3 N–H and O–H groups in total. The van der Waals surface area contributed by atoms with Crippen LogP contribution >= 0.6 is 23.1 Å². The number of nitrogens with one attached hydrogen (secondary N) is 1. The van der Waals surface area contributed by atoms with E-state index in [1.54, 1.807) is 0 Å². The predicted octanol–water partition coefficient (Wildman–Crippen LogP) is 1.50. The third kappa shape index (κ3) is 2.80. The number of thioether (sulfide) groups is 1. The van der Waals surface area contributed by atoms with Crippen molar-refractivity contribution in [3.63, 3.8) is 0 Å². The highest BCUT2D eigenvalue weighted by Gasteiger charge is 2.25. The molecule has 0 atom stereocenters. The van der Waals surface area contributed by atoms with E-state index in [0.717, 1.165) is 29.6 Å². The summed E-state index contributed by atoms with van der Waals surface area (Å²) in [7, 11) is 0. The Bertz CT molecular complexity index is 515. The zero-order valence-electron chi connectivity index (χ0n) is 10.7. The molecule has 1 fully saturated rings. The number of hydrogen-bond acceptors (Lipinski definition) is 6. The molecule has 1 aromatic heterocycles. The van der Waals surface area contributed by atoms with Gasteiger partial charge in [0.2, 0.25) is 0 Å². The van der Waals surface area contributed by atoms with Crippen LogP contribution in [0.3, 0.4) is 0 Å². The molecule has 0 unspecified atom stereocenters. The van der Waals surface area contributed by atoms with E-state index in [9.17, 15) is 10.1 Å². The first-order chi connectivity index (χ1) is 9.19. The largest absolute Gasteiger partial charge is 0.396 e. The third-order valence-electron chi connectivity index (χ3n) is 2.88. The van der Waals surface area contributed by atoms with Crippen LogP contribution in [0.25, 0.3) is 0 Å². The maximum absolute atomic E-state index is 11.9. The number of carbonyl (C=O) groups is 1. The minimum Gasteiger partial charge on any atom is -0.396 e. The second-order valence-corrected chi connectivity index (χ2v) is 6.32. The van der Waals surface area contributed by atoms with Crippen LogP contribution < -0.4 is 16.0 Å². The average Bonchev–Trinajstić information content (AvgIpc) is 2.77. The Kier molecular flexibility index (Phi) is 4.56. The number of rotatable bonds is 3. The van der Waals surface area contributed by atoms with Gasteiger partial charge in [-0.2, -0.15) is 17.0 Å². The number of anilines is 2. The summed E-state index contributed by atoms with van der Waals surface area (Å²) in [6.07, 6.45) is 0. The quantitative estimate of drug-likeness (QED) is 0.883. The fourth-order valence-corrected chi connectivity index (χ4v) is 3.98. The molecule has 1 saturated heterocycles. The minimum absolute atomic E-state index is 0.195. The van der Waals surface area contributed by atoms with E-state index in [1.807, 2.05) is 18.7 Å². The van der Waals surface area contributed by atoms with Crippen LogP contribution in [-0.2, 0) is 0 Å². The molecule has 1 aliphatic heterocycles. The molecule has 2 heterocycles. The van der Waals surface area contributed by atoms with Crippen LogP contribution in [0.5, 0.6) is 0 Å². The van der Waals surface area contributed by atoms with Crippen molar-refractivity contribution in [1.29, 1.82) is 5.26 Å². The topological polar surface area (TPSA) is 82.2 Å². The molecule has 1 aromatic rings. The minimum atomic E-state index is -0.195. The normalized spacial score (nSPS) is 15.1. The molecule has 102 valence electrons. The molecule has 0 bridgehead atoms. The van der Waals surface area contributed by atoms with E-state index in [2.05, 4.69) is 16.3 Å². The van der Waals surface area contributed by atoms with Gasteiger partial charge >= 0.3 is 0 Å². The van der Waals surface area contributed by atoms with Crippen molar-refractivity contribution < 1.29 is 4.79 Å². The lowest BCUT2D eigenvalue weighted by atomic mass is 10.2. The monoisotopic (exact) mass is 296 g/mol. The Labute approximate surface area is 120 Å². The highest BCUT2D eigenvalue weighted by Crippen LogP contribution is 2.38. The molecule has 0 saturated carbocycles. The van der Waals surface area contributed by atoms with E-state index < -0.39 is 0 Å². The van der Waals surface area contributed by atoms with Gasteiger partial charge in [-0.25, -0.2) is 0 Å². The molecule has 0 aromatic carbocycles. The number of thiophene rings is 1. The summed E-state index contributed by atoms with van der Waals surface area (Å²) >= 11 is 3.22. The zero-order valence-corrected chi connectivity index (χ0v) is 12.4. The van der Waals surface area contributed by atoms with Gasteiger partial charge in [-0.15, -0.1) is 11.3 Å². The summed E-state index contributed by atoms with van der Waals surface area (Å²) in [5.74, 6) is 1.89. The lowest BCUT2D eigenvalue weighted by Gasteiger charge is -2.27. The molecule has 0 aliphatic carbocycles. The molecule has 0 radical (unpaired) electrons. The molecule has 1 amide bonds. The van der Waals surface area contributed by atoms with Gasteiger partial charge in [0, 0.05) is 31.1 Å². The van der Waals surface area contributed by atoms with Gasteiger partial charge in [-0.3, -0.25) is 4.79 Å². The van der Waals surface area contributed by atoms with Crippen LogP contribution in [0.15, 0.2) is 0 Å². The number of carbonyl (C=O) groups excluding carboxylic acids is 1. The number of amides is 1. The lowest BCUT2D eigenvalue weighted by molar-refractivity contribution is 0.0960. The standard InChI is InChI=1S/C12H16N4OS2/c1-2-15-11(17)10-9(14)8(7-13)12(19-10)16-3-5-18-6-4-16/h2-6,14H2,1H3,(H,15,17). The van der Waals surface area contributed by atoms with Gasteiger partial charge in [-0.1, -0.05) is 0 Å². The van der Waals surface area contributed by atoms with Crippen LogP contribution in [0, 0.1) is 11.3 Å². The Morgan fingerprint density at radius 1 is 1.53 bits per heavy atom. The van der Waals surface area contributed by atoms with Gasteiger partial charge < -0.3 is 16.0 Å². The van der Waals surface area contributed by atoms with E-state index in [4.69, 9.17) is 5.73 Å². The fraction of sp³-hybridized carbons (Fsp3) is 0.500. The fourth-order valence-electron chi connectivity index (χ4n) is 1.94. The second-order valence-electron chi connectivity index (χ2n) is 4.10. The van der Waals surface area contributed by atoms with Gasteiger partial charge in [-0.05, 0) is 6.92 Å². The van der Waals surface area contributed by atoms with E-state index in [0.29, 0.717) is 22.7 Å². The molecule has 5 nitrogen and oxygen atoms in total. The van der Waals surface area contributed by atoms with E-state index >= 15 is 0 Å². The van der Waals surface area contributed by atoms with Crippen LogP contribution in [0.4, 0.5) is 10.7 Å². The smallest absolute Gasteiger partial charge is 0.263 e. The zero-order chi connectivity index (χ0) is 13.8. The third-order valence-corrected chi connectivity index (χ3v) is 5.09. The first kappa shape index (κ1) is 14.0. The molecule has 19 heavy (non-hydrogen) atoms. The van der Waals surface area contributed by atoms with E-state index in [1.165, 1.54) is 11.3 Å². The second kappa shape index (κ2) is 6.17. The number of nitriles is 1. The number of nitrogens with zero attached hydrogens (tertiary/aromatic N) is 2. The van der Waals surface area contributed by atoms with Crippen molar-refractivity contribution in [3.8, 4) is 6.07 Å². The summed E-state index contributed by atoms with van der Waals surface area (Å²) in [6, 6.07) is 2.14. The summed E-state index contributed by atoms with van der Waals surface area (Å²) < 4.78 is 0. The summed E-state index contributed by atoms with van der Waals surface area (Å²) in [6.45, 7) is 4.20. The van der Waals surface area contributed by atoms with E-state index in [-0.39, 0.29) is 5.91 Å². The maximum Gasteiger partial charge on any atom is 0.263 e. The van der Waals surface area contributed by atoms with Crippen LogP contribution in [0.1, 0.15) is 22.2 Å². The van der Waals surface area contributed by atoms with Crippen molar-refractivity contribution in [2.45, 2.75) is 6.92 Å². The molecule has 7 heteroatoms. The lowest BCUT2D eigenvalue weighted by Crippen LogP contribution is -2.32. The van der Waals surface area contributed by atoms with Gasteiger partial charge in [0.05, 0.1) is 5.69 Å². The number of nitrogen functional groups attached to an aromatic ring is 1. The summed E-state index contributed by atoms with van der Waals surface area (Å²) in [5.41, 5.74) is 6.70. The van der Waals surface area contributed by atoms with Gasteiger partial charge in [0.15, 0.2) is 0 Å². The predicted molar refractivity (Wildman–Crippen MR) is 81.0 cm³/mol. The first-order valence-corrected chi connectivity index (χ1v) is 8.09. The van der Waals surface area contributed by atoms with Crippen LogP contribution in [0.2, 0.25) is 0 Å². The molecular weight excluding hydrogens is 280 g/mol. The number of nitrogens with two attached hydrogens (primary N) is 1. The van der Waals surface area contributed by atoms with Crippen molar-refractivity contribution in [2.24, 2.45) is 0 Å². The highest BCUT2D eigenvalue weighted by atomic mass is 32.2. The Balaban J connectivity index is 2.35. The highest BCUT2D eigenvalue weighted by molar-refractivity contribution is 7.99. The molecule has 0 spiro atoms.